The highest BCUT2D eigenvalue weighted by Gasteiger charge is 2.56. The van der Waals surface area contributed by atoms with Gasteiger partial charge in [-0.15, -0.1) is 6.58 Å². The normalized spacial score (nSPS) is 28.6. The molecule has 0 aromatic heterocycles. The summed E-state index contributed by atoms with van der Waals surface area (Å²) in [6.07, 6.45) is -12.0. The molecule has 0 aliphatic carbocycles. The number of esters is 4. The van der Waals surface area contributed by atoms with Crippen LogP contribution in [-0.4, -0.2) is 110 Å². The van der Waals surface area contributed by atoms with Gasteiger partial charge in [0.25, 0.3) is 0 Å². The van der Waals surface area contributed by atoms with Crippen LogP contribution in [0.5, 0.6) is 0 Å². The summed E-state index contributed by atoms with van der Waals surface area (Å²) in [5.41, 5.74) is 1.68. The number of rotatable bonds is 17. The topological polar surface area (TPSA) is 181 Å². The number of carbonyl (C=O) groups excluding carboxylic acids is 4. The number of benzene rings is 2. The highest BCUT2D eigenvalue weighted by atomic mass is 16.8. The number of hydrogen-bond acceptors (Lipinski definition) is 15. The third-order valence-electron chi connectivity index (χ3n) is 7.92. The Morgan fingerprint density at radius 2 is 1.21 bits per heavy atom. The number of aliphatic hydroxyl groups excluding tert-OH is 1. The predicted octanol–water partition coefficient (Wildman–Crippen LogP) is 2.55. The summed E-state index contributed by atoms with van der Waals surface area (Å²) in [5.74, 6) is -3.09. The van der Waals surface area contributed by atoms with Gasteiger partial charge >= 0.3 is 23.9 Å². The SMILES string of the molecule is C=CCO[C@@H]1O[C@H](COCc2ccccc2)[C@@H](O)[C@H](O[C@@H]2O[C@H](COC(C)=O)[C@H](OC(C)=O)[C@H](OC(C)=O)[C@H]2OC(C)=O)[C@H]1OCc1ccccc1. The monoisotopic (exact) mass is 730 g/mol. The van der Waals surface area contributed by atoms with Crippen LogP contribution in [0.1, 0.15) is 38.8 Å². The van der Waals surface area contributed by atoms with Gasteiger partial charge in [-0.3, -0.25) is 19.2 Å². The molecular weight excluding hydrogens is 684 g/mol. The Labute approximate surface area is 301 Å². The minimum Gasteiger partial charge on any atom is -0.463 e. The minimum absolute atomic E-state index is 0.0370. The number of hydrogen-bond donors (Lipinski definition) is 1. The van der Waals surface area contributed by atoms with Gasteiger partial charge in [-0.25, -0.2) is 0 Å². The van der Waals surface area contributed by atoms with E-state index in [9.17, 15) is 24.3 Å². The fourth-order valence-electron chi connectivity index (χ4n) is 5.74. The van der Waals surface area contributed by atoms with Crippen molar-refractivity contribution >= 4 is 23.9 Å². The van der Waals surface area contributed by atoms with E-state index in [1.807, 2.05) is 60.7 Å². The van der Waals surface area contributed by atoms with E-state index in [-0.39, 0.29) is 26.4 Å². The van der Waals surface area contributed by atoms with Crippen molar-refractivity contribution in [2.45, 2.75) is 102 Å². The summed E-state index contributed by atoms with van der Waals surface area (Å²) in [7, 11) is 0. The molecule has 2 aromatic rings. The van der Waals surface area contributed by atoms with Gasteiger partial charge in [-0.2, -0.15) is 0 Å². The molecule has 0 radical (unpaired) electrons. The lowest BCUT2D eigenvalue weighted by Crippen LogP contribution is -2.66. The van der Waals surface area contributed by atoms with E-state index in [0.717, 1.165) is 31.9 Å². The average molecular weight is 731 g/mol. The van der Waals surface area contributed by atoms with Gasteiger partial charge in [0.15, 0.2) is 30.9 Å². The summed E-state index contributed by atoms with van der Waals surface area (Å²) in [6, 6.07) is 18.6. The molecule has 0 unspecified atom stereocenters. The molecule has 1 N–H and O–H groups in total. The van der Waals surface area contributed by atoms with Gasteiger partial charge in [0, 0.05) is 27.7 Å². The molecule has 2 aromatic carbocycles. The van der Waals surface area contributed by atoms with E-state index in [2.05, 4.69) is 6.58 Å². The van der Waals surface area contributed by atoms with Crippen LogP contribution in [0.2, 0.25) is 0 Å². The summed E-state index contributed by atoms with van der Waals surface area (Å²) in [4.78, 5) is 48.9. The predicted molar refractivity (Wildman–Crippen MR) is 179 cm³/mol. The summed E-state index contributed by atoms with van der Waals surface area (Å²) in [6.45, 7) is 7.95. The molecular formula is C37H46O15. The van der Waals surface area contributed by atoms with Crippen LogP contribution in [-0.2, 0) is 79.8 Å². The first kappa shape index (κ1) is 40.5. The van der Waals surface area contributed by atoms with Gasteiger partial charge in [-0.05, 0) is 11.1 Å². The maximum Gasteiger partial charge on any atom is 0.303 e. The molecule has 15 heteroatoms. The van der Waals surface area contributed by atoms with E-state index in [0.29, 0.717) is 0 Å². The van der Waals surface area contributed by atoms with Gasteiger partial charge in [0.2, 0.25) is 0 Å². The Balaban J connectivity index is 1.72. The van der Waals surface area contributed by atoms with Gasteiger partial charge < -0.3 is 52.5 Å². The lowest BCUT2D eigenvalue weighted by molar-refractivity contribution is -0.366. The second kappa shape index (κ2) is 20.1. The van der Waals surface area contributed by atoms with Gasteiger partial charge in [0.05, 0.1) is 26.4 Å². The largest absolute Gasteiger partial charge is 0.463 e. The smallest absolute Gasteiger partial charge is 0.303 e. The Morgan fingerprint density at radius 3 is 1.79 bits per heavy atom. The second-order valence-electron chi connectivity index (χ2n) is 12.1. The maximum absolute atomic E-state index is 12.5. The first-order valence-electron chi connectivity index (χ1n) is 16.8. The molecule has 2 saturated heterocycles. The molecule has 0 bridgehead atoms. The molecule has 4 rings (SSSR count). The zero-order valence-electron chi connectivity index (χ0n) is 29.5. The fourth-order valence-corrected chi connectivity index (χ4v) is 5.74. The average Bonchev–Trinajstić information content (AvgIpc) is 3.10. The zero-order chi connectivity index (χ0) is 37.6. The van der Waals surface area contributed by atoms with Crippen molar-refractivity contribution in [1.82, 2.24) is 0 Å². The van der Waals surface area contributed by atoms with Crippen LogP contribution in [0, 0.1) is 0 Å². The Bertz CT molecular complexity index is 1450. The minimum atomic E-state index is -1.62. The maximum atomic E-state index is 12.5. The molecule has 15 nitrogen and oxygen atoms in total. The van der Waals surface area contributed by atoms with Gasteiger partial charge in [-0.1, -0.05) is 66.7 Å². The standard InChI is InChI=1S/C37H46O15/c1-6-17-44-36-34(46-19-27-15-11-8-12-16-27)32(30(42)28(50-36)20-43-18-26-13-9-7-10-14-26)52-37-35(49-25(5)41)33(48-24(4)40)31(47-23(3)39)29(51-37)21-45-22(2)38/h6-16,28-37,42H,1,17-21H2,2-5H3/t28-,29-,30-,31+,32+,33+,34-,35-,36-,37+/m1/s1. The molecule has 0 saturated carbocycles. The highest BCUT2D eigenvalue weighted by molar-refractivity contribution is 5.68. The van der Waals surface area contributed by atoms with E-state index in [4.69, 9.17) is 47.4 Å². The van der Waals surface area contributed by atoms with E-state index >= 15 is 0 Å². The Kier molecular flexibility index (Phi) is 15.7. The van der Waals surface area contributed by atoms with E-state index < -0.39 is 91.9 Å². The molecule has 284 valence electrons. The lowest BCUT2D eigenvalue weighted by atomic mass is 9.96. The third-order valence-corrected chi connectivity index (χ3v) is 7.92. The number of ether oxygens (including phenoxy) is 10. The van der Waals surface area contributed by atoms with E-state index in [1.54, 1.807) is 0 Å². The fraction of sp³-hybridized carbons (Fsp3) is 0.514. The van der Waals surface area contributed by atoms with E-state index in [1.165, 1.54) is 13.0 Å². The van der Waals surface area contributed by atoms with Crippen LogP contribution in [0.15, 0.2) is 73.3 Å². The second-order valence-corrected chi connectivity index (χ2v) is 12.1. The summed E-state index contributed by atoms with van der Waals surface area (Å²) >= 11 is 0. The first-order valence-corrected chi connectivity index (χ1v) is 16.8. The molecule has 0 amide bonds. The van der Waals surface area contributed by atoms with Crippen molar-refractivity contribution in [3.8, 4) is 0 Å². The van der Waals surface area contributed by atoms with Crippen molar-refractivity contribution in [3.63, 3.8) is 0 Å². The Morgan fingerprint density at radius 1 is 0.654 bits per heavy atom. The summed E-state index contributed by atoms with van der Waals surface area (Å²) in [5, 5.41) is 11.9. The Hall–Kier alpha value is -4.22. The van der Waals surface area contributed by atoms with Crippen LogP contribution in [0.25, 0.3) is 0 Å². The number of carbonyl (C=O) groups is 4. The molecule has 2 heterocycles. The van der Waals surface area contributed by atoms with Crippen LogP contribution in [0.3, 0.4) is 0 Å². The number of aliphatic hydroxyl groups is 1. The van der Waals surface area contributed by atoms with Gasteiger partial charge in [0.1, 0.15) is 37.1 Å². The molecule has 52 heavy (non-hydrogen) atoms. The van der Waals surface area contributed by atoms with Crippen molar-refractivity contribution < 1.29 is 71.7 Å². The quantitative estimate of drug-likeness (QED) is 0.142. The highest BCUT2D eigenvalue weighted by Crippen LogP contribution is 2.35. The molecule has 2 aliphatic rings. The van der Waals surface area contributed by atoms with Crippen LogP contribution < -0.4 is 0 Å². The summed E-state index contributed by atoms with van der Waals surface area (Å²) < 4.78 is 58.9. The van der Waals surface area contributed by atoms with Crippen molar-refractivity contribution in [2.24, 2.45) is 0 Å². The van der Waals surface area contributed by atoms with Crippen molar-refractivity contribution in [2.75, 3.05) is 19.8 Å². The molecule has 0 spiro atoms. The third kappa shape index (κ3) is 11.9. The van der Waals surface area contributed by atoms with Crippen molar-refractivity contribution in [3.05, 3.63) is 84.4 Å². The zero-order valence-corrected chi connectivity index (χ0v) is 29.5. The van der Waals surface area contributed by atoms with Crippen molar-refractivity contribution in [1.29, 1.82) is 0 Å². The molecule has 10 atom stereocenters. The molecule has 2 fully saturated rings. The first-order chi connectivity index (χ1) is 25.0. The van der Waals surface area contributed by atoms with Crippen LogP contribution >= 0.6 is 0 Å². The van der Waals surface area contributed by atoms with Crippen LogP contribution in [0.4, 0.5) is 0 Å². The molecule has 2 aliphatic heterocycles. The lowest BCUT2D eigenvalue weighted by Gasteiger charge is -2.48.